The molecular formula is C21H20ClN4O3PS. The predicted octanol–water partition coefficient (Wildman–Crippen LogP) is 4.62. The molecule has 2 aromatic carbocycles. The minimum Gasteiger partial charge on any atom is -0.339 e. The van der Waals surface area contributed by atoms with Gasteiger partial charge in [-0.15, -0.1) is 0 Å². The highest BCUT2D eigenvalue weighted by molar-refractivity contribution is 7.90. The third-order valence-electron chi connectivity index (χ3n) is 4.80. The van der Waals surface area contributed by atoms with E-state index in [9.17, 15) is 13.0 Å². The molecule has 7 nitrogen and oxygen atoms in total. The van der Waals surface area contributed by atoms with Crippen LogP contribution in [0.1, 0.15) is 5.56 Å². The zero-order chi connectivity index (χ0) is 22.4. The van der Waals surface area contributed by atoms with Gasteiger partial charge in [0.25, 0.3) is 10.0 Å². The molecule has 0 aliphatic heterocycles. The van der Waals surface area contributed by atoms with Crippen molar-refractivity contribution in [1.29, 1.82) is 0 Å². The number of para-hydroxylation sites is 1. The summed E-state index contributed by atoms with van der Waals surface area (Å²) in [5, 5.41) is 4.18. The van der Waals surface area contributed by atoms with Crippen LogP contribution in [0, 0.1) is 6.92 Å². The zero-order valence-corrected chi connectivity index (χ0v) is 19.5. The molecule has 1 N–H and O–H groups in total. The van der Waals surface area contributed by atoms with Crippen LogP contribution in [0.2, 0.25) is 5.28 Å². The summed E-state index contributed by atoms with van der Waals surface area (Å²) in [6, 6.07) is 15.4. The van der Waals surface area contributed by atoms with Gasteiger partial charge in [0.2, 0.25) is 5.28 Å². The number of nitrogens with one attached hydrogen (secondary N) is 1. The van der Waals surface area contributed by atoms with Crippen LogP contribution in [0.5, 0.6) is 0 Å². The normalized spacial score (nSPS) is 12.3. The van der Waals surface area contributed by atoms with Gasteiger partial charge in [0, 0.05) is 11.5 Å². The highest BCUT2D eigenvalue weighted by Crippen LogP contribution is 2.38. The van der Waals surface area contributed by atoms with E-state index in [1.165, 1.54) is 6.20 Å². The average Bonchev–Trinajstić information content (AvgIpc) is 3.12. The second-order valence-corrected chi connectivity index (χ2v) is 12.8. The van der Waals surface area contributed by atoms with Crippen molar-refractivity contribution in [2.24, 2.45) is 0 Å². The van der Waals surface area contributed by atoms with Gasteiger partial charge in [0.05, 0.1) is 16.0 Å². The summed E-state index contributed by atoms with van der Waals surface area (Å²) in [6.07, 6.45) is 1.42. The van der Waals surface area contributed by atoms with Crippen LogP contribution < -0.4 is 10.6 Å². The van der Waals surface area contributed by atoms with Crippen LogP contribution in [-0.2, 0) is 14.6 Å². The molecular weight excluding hydrogens is 455 g/mol. The van der Waals surface area contributed by atoms with Crippen molar-refractivity contribution in [2.45, 2.75) is 11.8 Å². The first kappa shape index (κ1) is 21.6. The fraction of sp³-hybridized carbons (Fsp3) is 0.143. The zero-order valence-electron chi connectivity index (χ0n) is 17.1. The molecule has 10 heteroatoms. The van der Waals surface area contributed by atoms with E-state index in [1.54, 1.807) is 55.8 Å². The van der Waals surface area contributed by atoms with Gasteiger partial charge in [-0.05, 0) is 62.2 Å². The molecule has 0 amide bonds. The van der Waals surface area contributed by atoms with Gasteiger partial charge in [-0.1, -0.05) is 29.8 Å². The van der Waals surface area contributed by atoms with Gasteiger partial charge in [0.15, 0.2) is 5.65 Å². The molecule has 31 heavy (non-hydrogen) atoms. The molecule has 0 unspecified atom stereocenters. The number of hydrogen-bond acceptors (Lipinski definition) is 6. The maximum Gasteiger partial charge on any atom is 0.269 e. The molecule has 4 rings (SSSR count). The number of hydrogen-bond donors (Lipinski definition) is 1. The van der Waals surface area contributed by atoms with Gasteiger partial charge >= 0.3 is 0 Å². The average molecular weight is 475 g/mol. The van der Waals surface area contributed by atoms with Gasteiger partial charge in [0.1, 0.15) is 13.0 Å². The number of benzene rings is 2. The summed E-state index contributed by atoms with van der Waals surface area (Å²) in [5.41, 5.74) is 1.72. The van der Waals surface area contributed by atoms with Crippen LogP contribution in [-0.4, -0.2) is 35.7 Å². The molecule has 160 valence electrons. The number of aromatic nitrogens is 3. The molecule has 0 radical (unpaired) electrons. The van der Waals surface area contributed by atoms with E-state index in [1.807, 2.05) is 19.1 Å². The molecule has 0 aliphatic carbocycles. The van der Waals surface area contributed by atoms with Crippen molar-refractivity contribution in [3.8, 4) is 0 Å². The van der Waals surface area contributed by atoms with E-state index in [4.69, 9.17) is 11.6 Å². The van der Waals surface area contributed by atoms with Crippen LogP contribution in [0.4, 0.5) is 11.5 Å². The first-order valence-corrected chi connectivity index (χ1v) is 13.8. The SMILES string of the molecule is Cc1ccc(S(=O)(=O)n2ccc3c(Nc4ccccc4P(C)(C)=O)nc(Cl)nc32)cc1. The first-order valence-electron chi connectivity index (χ1n) is 9.36. The van der Waals surface area contributed by atoms with Gasteiger partial charge < -0.3 is 9.88 Å². The second-order valence-electron chi connectivity index (χ2n) is 7.50. The topological polar surface area (TPSA) is 94.0 Å². The number of halogens is 1. The number of fused-ring (bicyclic) bond motifs is 1. The lowest BCUT2D eigenvalue weighted by Crippen LogP contribution is -2.13. The Morgan fingerprint density at radius 2 is 1.68 bits per heavy atom. The molecule has 4 aromatic rings. The van der Waals surface area contributed by atoms with E-state index in [2.05, 4.69) is 15.3 Å². The van der Waals surface area contributed by atoms with E-state index < -0.39 is 17.2 Å². The molecule has 0 aliphatic rings. The maximum atomic E-state index is 13.2. The van der Waals surface area contributed by atoms with Crippen LogP contribution in [0.25, 0.3) is 11.0 Å². The fourth-order valence-corrected chi connectivity index (χ4v) is 5.87. The van der Waals surface area contributed by atoms with E-state index >= 15 is 0 Å². The summed E-state index contributed by atoms with van der Waals surface area (Å²) in [6.45, 7) is 5.25. The highest BCUT2D eigenvalue weighted by Gasteiger charge is 2.23. The minimum atomic E-state index is -3.88. The van der Waals surface area contributed by atoms with Gasteiger partial charge in [-0.2, -0.15) is 9.97 Å². The minimum absolute atomic E-state index is 0.109. The highest BCUT2D eigenvalue weighted by atomic mass is 35.5. The Morgan fingerprint density at radius 1 is 1.00 bits per heavy atom. The lowest BCUT2D eigenvalue weighted by Gasteiger charge is -2.15. The quantitative estimate of drug-likeness (QED) is 0.335. The van der Waals surface area contributed by atoms with Crippen molar-refractivity contribution in [3.63, 3.8) is 0 Å². The van der Waals surface area contributed by atoms with Gasteiger partial charge in [-0.3, -0.25) is 0 Å². The van der Waals surface area contributed by atoms with E-state index in [-0.39, 0.29) is 15.8 Å². The summed E-state index contributed by atoms with van der Waals surface area (Å²) in [4.78, 5) is 8.55. The summed E-state index contributed by atoms with van der Waals surface area (Å²) in [7, 11) is -6.45. The molecule has 2 heterocycles. The van der Waals surface area contributed by atoms with Crippen molar-refractivity contribution < 1.29 is 13.0 Å². The number of nitrogens with zero attached hydrogens (tertiary/aromatic N) is 3. The Bertz CT molecular complexity index is 1440. The summed E-state index contributed by atoms with van der Waals surface area (Å²) >= 11 is 6.14. The van der Waals surface area contributed by atoms with Crippen molar-refractivity contribution in [3.05, 3.63) is 71.6 Å². The lowest BCUT2D eigenvalue weighted by molar-refractivity contribution is 0.587. The Balaban J connectivity index is 1.86. The van der Waals surface area contributed by atoms with Crippen molar-refractivity contribution >= 4 is 56.6 Å². The van der Waals surface area contributed by atoms with E-state index in [0.717, 1.165) is 9.54 Å². The summed E-state index contributed by atoms with van der Waals surface area (Å²) < 4.78 is 40.2. The smallest absolute Gasteiger partial charge is 0.269 e. The van der Waals surface area contributed by atoms with Gasteiger partial charge in [-0.25, -0.2) is 12.4 Å². The molecule has 0 saturated carbocycles. The standard InChI is InChI=1S/C21H20ClN4O3PS/c1-14-8-10-15(11-9-14)31(28,29)26-13-12-16-19(24-21(22)25-20(16)26)23-17-6-4-5-7-18(17)30(2,3)27/h4-13H,1-3H3,(H,23,24,25). The molecule has 0 spiro atoms. The van der Waals surface area contributed by atoms with Crippen molar-refractivity contribution in [1.82, 2.24) is 13.9 Å². The maximum absolute atomic E-state index is 13.2. The van der Waals surface area contributed by atoms with Crippen LogP contribution in [0.3, 0.4) is 0 Å². The Morgan fingerprint density at radius 3 is 2.35 bits per heavy atom. The van der Waals surface area contributed by atoms with Crippen LogP contribution >= 0.6 is 18.7 Å². The van der Waals surface area contributed by atoms with Crippen LogP contribution in [0.15, 0.2) is 65.7 Å². The number of anilines is 2. The van der Waals surface area contributed by atoms with E-state index in [0.29, 0.717) is 22.2 Å². The Hall–Kier alpha value is -2.67. The van der Waals surface area contributed by atoms with Crippen molar-refractivity contribution in [2.75, 3.05) is 18.6 Å². The summed E-state index contributed by atoms with van der Waals surface area (Å²) in [5.74, 6) is 0.328. The monoisotopic (exact) mass is 474 g/mol. The third-order valence-corrected chi connectivity index (χ3v) is 8.20. The molecule has 0 saturated heterocycles. The number of aryl methyl sites for hydroxylation is 1. The second kappa shape index (κ2) is 7.79. The Labute approximate surface area is 185 Å². The molecule has 0 atom stereocenters. The lowest BCUT2D eigenvalue weighted by atomic mass is 10.2. The number of rotatable bonds is 5. The Kier molecular flexibility index (Phi) is 5.41. The fourth-order valence-electron chi connectivity index (χ4n) is 3.25. The largest absolute Gasteiger partial charge is 0.339 e. The first-order chi connectivity index (χ1) is 14.6. The molecule has 0 bridgehead atoms. The molecule has 2 aromatic heterocycles. The third kappa shape index (κ3) is 4.11. The predicted molar refractivity (Wildman–Crippen MR) is 125 cm³/mol. The molecule has 0 fully saturated rings.